The summed E-state index contributed by atoms with van der Waals surface area (Å²) in [4.78, 5) is 11.9. The fourth-order valence-corrected chi connectivity index (χ4v) is 2.17. The van der Waals surface area contributed by atoms with Crippen molar-refractivity contribution < 1.29 is 13.9 Å². The third-order valence-corrected chi connectivity index (χ3v) is 3.24. The summed E-state index contributed by atoms with van der Waals surface area (Å²) >= 11 is 5.92. The van der Waals surface area contributed by atoms with Crippen molar-refractivity contribution in [2.24, 2.45) is 0 Å². The van der Waals surface area contributed by atoms with Crippen molar-refractivity contribution in [3.63, 3.8) is 0 Å². The van der Waals surface area contributed by atoms with Crippen LogP contribution in [0.1, 0.15) is 12.0 Å². The van der Waals surface area contributed by atoms with E-state index in [1.165, 1.54) is 18.2 Å². The largest absolute Gasteiger partial charge is 0.379 e. The predicted octanol–water partition coefficient (Wildman–Crippen LogP) is 1.97. The summed E-state index contributed by atoms with van der Waals surface area (Å²) in [5.41, 5.74) is 0.540. The molecule has 2 rings (SSSR count). The van der Waals surface area contributed by atoms with Crippen molar-refractivity contribution in [3.05, 3.63) is 34.6 Å². The van der Waals surface area contributed by atoms with E-state index in [0.29, 0.717) is 30.2 Å². The molecule has 18 heavy (non-hydrogen) atoms. The van der Waals surface area contributed by atoms with Crippen molar-refractivity contribution >= 4 is 17.4 Å². The van der Waals surface area contributed by atoms with E-state index in [0.717, 1.165) is 6.54 Å². The summed E-state index contributed by atoms with van der Waals surface area (Å²) < 4.78 is 18.3. The molecule has 0 spiro atoms. The molecule has 98 valence electrons. The number of ketones is 1. The van der Waals surface area contributed by atoms with Crippen LogP contribution in [0.2, 0.25) is 5.02 Å². The zero-order valence-electron chi connectivity index (χ0n) is 9.92. The Kier molecular flexibility index (Phi) is 4.69. The number of benzene rings is 1. The average molecular weight is 272 g/mol. The fourth-order valence-electron chi connectivity index (χ4n) is 1.99. The van der Waals surface area contributed by atoms with Gasteiger partial charge in [0.05, 0.1) is 13.2 Å². The summed E-state index contributed by atoms with van der Waals surface area (Å²) in [5, 5.41) is 3.64. The number of carbonyl (C=O) groups is 1. The van der Waals surface area contributed by atoms with Crippen LogP contribution in [-0.4, -0.2) is 31.6 Å². The van der Waals surface area contributed by atoms with Gasteiger partial charge in [0.15, 0.2) is 0 Å². The van der Waals surface area contributed by atoms with Crippen LogP contribution < -0.4 is 5.32 Å². The van der Waals surface area contributed by atoms with E-state index in [4.69, 9.17) is 16.3 Å². The van der Waals surface area contributed by atoms with Gasteiger partial charge in [-0.2, -0.15) is 0 Å². The van der Waals surface area contributed by atoms with Gasteiger partial charge >= 0.3 is 0 Å². The molecule has 1 atom stereocenters. The summed E-state index contributed by atoms with van der Waals surface area (Å²) in [5.74, 6) is -0.341. The van der Waals surface area contributed by atoms with E-state index in [2.05, 4.69) is 5.32 Å². The van der Waals surface area contributed by atoms with Crippen molar-refractivity contribution in [2.45, 2.75) is 18.9 Å². The molecule has 0 amide bonds. The Morgan fingerprint density at radius 2 is 2.39 bits per heavy atom. The Hall–Kier alpha value is -0.970. The van der Waals surface area contributed by atoms with Gasteiger partial charge in [0.1, 0.15) is 11.6 Å². The standard InChI is InChI=1S/C13H15ClFNO2/c14-13-2-1-10(15)5-9(13)6-12(17)7-11-8-18-4-3-16-11/h1-2,5,11,16H,3-4,6-8H2. The first-order valence-electron chi connectivity index (χ1n) is 5.92. The van der Waals surface area contributed by atoms with Crippen molar-refractivity contribution in [1.29, 1.82) is 0 Å². The van der Waals surface area contributed by atoms with Gasteiger partial charge in [-0.3, -0.25) is 4.79 Å². The Bertz CT molecular complexity index is 433. The van der Waals surface area contributed by atoms with Gasteiger partial charge in [-0.1, -0.05) is 11.6 Å². The van der Waals surface area contributed by atoms with Crippen LogP contribution >= 0.6 is 11.6 Å². The van der Waals surface area contributed by atoms with E-state index in [1.54, 1.807) is 0 Å². The number of nitrogens with one attached hydrogen (secondary N) is 1. The fraction of sp³-hybridized carbons (Fsp3) is 0.462. The molecule has 0 radical (unpaired) electrons. The highest BCUT2D eigenvalue weighted by atomic mass is 35.5. The summed E-state index contributed by atoms with van der Waals surface area (Å²) in [6.45, 7) is 1.99. The molecule has 3 nitrogen and oxygen atoms in total. The zero-order chi connectivity index (χ0) is 13.0. The number of morpholine rings is 1. The van der Waals surface area contributed by atoms with Crippen LogP contribution in [-0.2, 0) is 16.0 Å². The lowest BCUT2D eigenvalue weighted by Gasteiger charge is -2.23. The summed E-state index contributed by atoms with van der Waals surface area (Å²) in [7, 11) is 0. The number of Topliss-reactive ketones (excluding diaryl/α,β-unsaturated/α-hetero) is 1. The second-order valence-corrected chi connectivity index (χ2v) is 4.79. The maximum absolute atomic E-state index is 13.1. The first-order chi connectivity index (χ1) is 8.65. The minimum absolute atomic E-state index is 0.0329. The molecular weight excluding hydrogens is 257 g/mol. The van der Waals surface area contributed by atoms with Crippen LogP contribution in [0.3, 0.4) is 0 Å². The van der Waals surface area contributed by atoms with Gasteiger partial charge in [-0.25, -0.2) is 4.39 Å². The molecule has 1 unspecified atom stereocenters. The van der Waals surface area contributed by atoms with Crippen molar-refractivity contribution in [3.8, 4) is 0 Å². The Morgan fingerprint density at radius 3 is 3.11 bits per heavy atom. The highest BCUT2D eigenvalue weighted by Crippen LogP contribution is 2.18. The highest BCUT2D eigenvalue weighted by molar-refractivity contribution is 6.31. The topological polar surface area (TPSA) is 38.3 Å². The van der Waals surface area contributed by atoms with E-state index in [-0.39, 0.29) is 24.1 Å². The van der Waals surface area contributed by atoms with Crippen molar-refractivity contribution in [1.82, 2.24) is 5.32 Å². The van der Waals surface area contributed by atoms with E-state index in [1.807, 2.05) is 0 Å². The molecule has 0 aromatic heterocycles. The molecule has 1 aliphatic heterocycles. The third-order valence-electron chi connectivity index (χ3n) is 2.87. The van der Waals surface area contributed by atoms with E-state index >= 15 is 0 Å². The van der Waals surface area contributed by atoms with Crippen molar-refractivity contribution in [2.75, 3.05) is 19.8 Å². The first kappa shape index (κ1) is 13.5. The molecule has 0 saturated carbocycles. The number of ether oxygens (including phenoxy) is 1. The molecule has 1 saturated heterocycles. The summed E-state index contributed by atoms with van der Waals surface area (Å²) in [6, 6.07) is 4.12. The van der Waals surface area contributed by atoms with E-state index < -0.39 is 0 Å². The molecule has 1 aromatic rings. The first-order valence-corrected chi connectivity index (χ1v) is 6.29. The lowest BCUT2D eigenvalue weighted by molar-refractivity contribution is -0.119. The number of carbonyl (C=O) groups excluding carboxylic acids is 1. The van der Waals surface area contributed by atoms with Crippen LogP contribution in [0.5, 0.6) is 0 Å². The number of hydrogen-bond acceptors (Lipinski definition) is 3. The lowest BCUT2D eigenvalue weighted by atomic mass is 10.0. The van der Waals surface area contributed by atoms with Crippen LogP contribution in [0, 0.1) is 5.82 Å². The Morgan fingerprint density at radius 1 is 1.56 bits per heavy atom. The lowest BCUT2D eigenvalue weighted by Crippen LogP contribution is -2.42. The minimum Gasteiger partial charge on any atom is -0.379 e. The molecular formula is C13H15ClFNO2. The quantitative estimate of drug-likeness (QED) is 0.910. The number of halogens is 2. The molecule has 1 fully saturated rings. The smallest absolute Gasteiger partial charge is 0.138 e. The second kappa shape index (κ2) is 6.27. The molecule has 1 aromatic carbocycles. The highest BCUT2D eigenvalue weighted by Gasteiger charge is 2.17. The van der Waals surface area contributed by atoms with Gasteiger partial charge < -0.3 is 10.1 Å². The SMILES string of the molecule is O=C(Cc1cc(F)ccc1Cl)CC1COCCN1. The Labute approximate surface area is 110 Å². The Balaban J connectivity index is 1.92. The second-order valence-electron chi connectivity index (χ2n) is 4.38. The summed E-state index contributed by atoms with van der Waals surface area (Å²) in [6.07, 6.45) is 0.543. The van der Waals surface area contributed by atoms with Crippen LogP contribution in [0.4, 0.5) is 4.39 Å². The van der Waals surface area contributed by atoms with Gasteiger partial charge in [0.2, 0.25) is 0 Å². The molecule has 5 heteroatoms. The maximum Gasteiger partial charge on any atom is 0.138 e. The number of hydrogen-bond donors (Lipinski definition) is 1. The van der Waals surface area contributed by atoms with Gasteiger partial charge in [-0.15, -0.1) is 0 Å². The number of rotatable bonds is 4. The third kappa shape index (κ3) is 3.77. The molecule has 0 bridgehead atoms. The molecule has 0 aliphatic carbocycles. The molecule has 1 N–H and O–H groups in total. The minimum atomic E-state index is -0.374. The van der Waals surface area contributed by atoms with Gasteiger partial charge in [-0.05, 0) is 23.8 Å². The van der Waals surface area contributed by atoms with Crippen LogP contribution in [0.25, 0.3) is 0 Å². The predicted molar refractivity (Wildman–Crippen MR) is 67.3 cm³/mol. The molecule has 1 heterocycles. The van der Waals surface area contributed by atoms with E-state index in [9.17, 15) is 9.18 Å². The van der Waals surface area contributed by atoms with Crippen LogP contribution in [0.15, 0.2) is 18.2 Å². The van der Waals surface area contributed by atoms with Gasteiger partial charge in [0, 0.05) is 30.5 Å². The monoisotopic (exact) mass is 271 g/mol. The zero-order valence-corrected chi connectivity index (χ0v) is 10.7. The average Bonchev–Trinajstić information content (AvgIpc) is 2.35. The maximum atomic E-state index is 13.1. The van der Waals surface area contributed by atoms with Gasteiger partial charge in [0.25, 0.3) is 0 Å². The normalized spacial score (nSPS) is 19.8. The molecule has 1 aliphatic rings.